The molecule has 0 aliphatic heterocycles. The van der Waals surface area contributed by atoms with Crippen LogP contribution in [-0.2, 0) is 0 Å². The van der Waals surface area contributed by atoms with Gasteiger partial charge in [-0.15, -0.1) is 0 Å². The van der Waals surface area contributed by atoms with E-state index in [4.69, 9.17) is 10.5 Å². The molecule has 11 heavy (non-hydrogen) atoms. The molecule has 0 N–H and O–H groups in total. The minimum atomic E-state index is 0.402. The van der Waals surface area contributed by atoms with Crippen molar-refractivity contribution in [3.63, 3.8) is 0 Å². The van der Waals surface area contributed by atoms with Crippen molar-refractivity contribution >= 4 is 0 Å². The third kappa shape index (κ3) is 4.39. The Morgan fingerprint density at radius 1 is 1.18 bits per heavy atom. The maximum atomic E-state index is 8.45. The molecule has 0 amide bonds. The molecule has 1 unspecified atom stereocenters. The largest absolute Gasteiger partial charge is 0.198 e. The molecule has 0 spiro atoms. The minimum Gasteiger partial charge on any atom is -0.198 e. The fourth-order valence-corrected chi connectivity index (χ4v) is 1.04. The van der Waals surface area contributed by atoms with Crippen molar-refractivity contribution in [3.8, 4) is 12.1 Å². The van der Waals surface area contributed by atoms with Crippen molar-refractivity contribution in [2.75, 3.05) is 0 Å². The van der Waals surface area contributed by atoms with Crippen LogP contribution in [0.2, 0.25) is 0 Å². The first kappa shape index (κ1) is 9.98. The summed E-state index contributed by atoms with van der Waals surface area (Å²) >= 11 is 0. The van der Waals surface area contributed by atoms with Crippen molar-refractivity contribution in [3.05, 3.63) is 0 Å². The number of nitriles is 2. The molecule has 0 fully saturated rings. The van der Waals surface area contributed by atoms with Gasteiger partial charge in [-0.25, -0.2) is 0 Å². The molecule has 0 aliphatic rings. The van der Waals surface area contributed by atoms with Gasteiger partial charge in [-0.2, -0.15) is 10.5 Å². The van der Waals surface area contributed by atoms with Gasteiger partial charge in [0, 0.05) is 12.8 Å². The van der Waals surface area contributed by atoms with E-state index in [1.165, 1.54) is 0 Å². The highest BCUT2D eigenvalue weighted by Gasteiger charge is 2.11. The Kier molecular flexibility index (Phi) is 5.21. The van der Waals surface area contributed by atoms with Gasteiger partial charge in [0.25, 0.3) is 0 Å². The molecule has 0 bridgehead atoms. The van der Waals surface area contributed by atoms with Crippen LogP contribution in [0.3, 0.4) is 0 Å². The van der Waals surface area contributed by atoms with Gasteiger partial charge in [0.05, 0.1) is 12.1 Å². The lowest BCUT2D eigenvalue weighted by atomic mass is 9.89. The van der Waals surface area contributed by atoms with Crippen LogP contribution in [0.1, 0.15) is 33.1 Å². The van der Waals surface area contributed by atoms with Crippen molar-refractivity contribution < 1.29 is 0 Å². The fraction of sp³-hybridized carbons (Fsp3) is 0.778. The monoisotopic (exact) mass is 150 g/mol. The Bertz CT molecular complexity index is 171. The minimum absolute atomic E-state index is 0.402. The Morgan fingerprint density at radius 3 is 2.18 bits per heavy atom. The summed E-state index contributed by atoms with van der Waals surface area (Å²) in [5.74, 6) is 0.919. The van der Waals surface area contributed by atoms with E-state index in [1.807, 2.05) is 0 Å². The first-order valence-corrected chi connectivity index (χ1v) is 3.96. The first-order valence-electron chi connectivity index (χ1n) is 3.96. The van der Waals surface area contributed by atoms with Crippen LogP contribution in [0.5, 0.6) is 0 Å². The lowest BCUT2D eigenvalue weighted by molar-refractivity contribution is 0.370. The van der Waals surface area contributed by atoms with Crippen LogP contribution in [-0.4, -0.2) is 0 Å². The zero-order valence-electron chi connectivity index (χ0n) is 7.17. The lowest BCUT2D eigenvalue weighted by Crippen LogP contribution is -2.07. The second-order valence-electron chi connectivity index (χ2n) is 3.06. The van der Waals surface area contributed by atoms with Gasteiger partial charge >= 0.3 is 0 Å². The summed E-state index contributed by atoms with van der Waals surface area (Å²) in [6, 6.07) is 4.25. The van der Waals surface area contributed by atoms with Crippen molar-refractivity contribution in [1.29, 1.82) is 10.5 Å². The maximum absolute atomic E-state index is 8.45. The van der Waals surface area contributed by atoms with Gasteiger partial charge in [0.15, 0.2) is 0 Å². The van der Waals surface area contributed by atoms with Crippen LogP contribution in [0, 0.1) is 34.5 Å². The molecule has 0 rings (SSSR count). The van der Waals surface area contributed by atoms with E-state index >= 15 is 0 Å². The van der Waals surface area contributed by atoms with Gasteiger partial charge < -0.3 is 0 Å². The molecule has 2 nitrogen and oxygen atoms in total. The molecule has 2 heteroatoms. The predicted octanol–water partition coefficient (Wildman–Crippen LogP) is 2.48. The number of hydrogen-bond donors (Lipinski definition) is 0. The maximum Gasteiger partial charge on any atom is 0.0624 e. The standard InChI is InChI=1S/C9H14N2/c1-8(2)9(5-7-11)4-3-6-10/h8-9H,3-5H2,1-2H3. The Hall–Kier alpha value is -1.02. The van der Waals surface area contributed by atoms with Gasteiger partial charge in [0.2, 0.25) is 0 Å². The van der Waals surface area contributed by atoms with Crippen LogP contribution >= 0.6 is 0 Å². The summed E-state index contributed by atoms with van der Waals surface area (Å²) < 4.78 is 0. The average Bonchev–Trinajstić information content (AvgIpc) is 1.97. The summed E-state index contributed by atoms with van der Waals surface area (Å²) in [6.45, 7) is 4.19. The third-order valence-electron chi connectivity index (χ3n) is 1.92. The molecule has 0 aliphatic carbocycles. The van der Waals surface area contributed by atoms with E-state index in [9.17, 15) is 0 Å². The van der Waals surface area contributed by atoms with Crippen LogP contribution in [0.4, 0.5) is 0 Å². The quantitative estimate of drug-likeness (QED) is 0.618. The molecule has 0 aromatic rings. The van der Waals surface area contributed by atoms with E-state index in [0.29, 0.717) is 24.7 Å². The van der Waals surface area contributed by atoms with Gasteiger partial charge in [-0.3, -0.25) is 0 Å². The molecule has 0 aromatic heterocycles. The highest BCUT2D eigenvalue weighted by Crippen LogP contribution is 2.19. The molecule has 0 saturated carbocycles. The Labute approximate surface area is 68.4 Å². The molecule has 60 valence electrons. The molecule has 1 atom stereocenters. The van der Waals surface area contributed by atoms with Gasteiger partial charge in [-0.1, -0.05) is 13.8 Å². The van der Waals surface area contributed by atoms with Crippen molar-refractivity contribution in [2.45, 2.75) is 33.1 Å². The second-order valence-corrected chi connectivity index (χ2v) is 3.06. The zero-order valence-corrected chi connectivity index (χ0v) is 7.17. The topological polar surface area (TPSA) is 47.6 Å². The highest BCUT2D eigenvalue weighted by atomic mass is 14.3. The number of rotatable bonds is 4. The lowest BCUT2D eigenvalue weighted by Gasteiger charge is -2.15. The number of nitrogens with zero attached hydrogens (tertiary/aromatic N) is 2. The Balaban J connectivity index is 3.73. The normalized spacial score (nSPS) is 12.1. The average molecular weight is 150 g/mol. The van der Waals surface area contributed by atoms with Gasteiger partial charge in [-0.05, 0) is 18.3 Å². The highest BCUT2D eigenvalue weighted by molar-refractivity contribution is 4.80. The van der Waals surface area contributed by atoms with Crippen LogP contribution in [0.15, 0.2) is 0 Å². The van der Waals surface area contributed by atoms with E-state index in [1.54, 1.807) is 0 Å². The van der Waals surface area contributed by atoms with E-state index in [0.717, 1.165) is 6.42 Å². The Morgan fingerprint density at radius 2 is 1.82 bits per heavy atom. The third-order valence-corrected chi connectivity index (χ3v) is 1.92. The van der Waals surface area contributed by atoms with E-state index < -0.39 is 0 Å². The smallest absolute Gasteiger partial charge is 0.0624 e. The number of hydrogen-bond acceptors (Lipinski definition) is 2. The predicted molar refractivity (Wildman–Crippen MR) is 43.4 cm³/mol. The molecular formula is C9H14N2. The van der Waals surface area contributed by atoms with E-state index in [2.05, 4.69) is 26.0 Å². The van der Waals surface area contributed by atoms with Crippen LogP contribution in [0.25, 0.3) is 0 Å². The first-order chi connectivity index (χ1) is 5.22. The summed E-state index contributed by atoms with van der Waals surface area (Å²) in [4.78, 5) is 0. The van der Waals surface area contributed by atoms with E-state index in [-0.39, 0.29) is 0 Å². The summed E-state index contributed by atoms with van der Waals surface area (Å²) in [5, 5.41) is 16.8. The molecule has 0 aromatic carbocycles. The molecular weight excluding hydrogens is 136 g/mol. The molecule has 0 saturated heterocycles. The second kappa shape index (κ2) is 5.74. The van der Waals surface area contributed by atoms with Crippen molar-refractivity contribution in [1.82, 2.24) is 0 Å². The molecule has 0 heterocycles. The SMILES string of the molecule is CC(C)C(CC#N)CCC#N. The van der Waals surface area contributed by atoms with Gasteiger partial charge in [0.1, 0.15) is 0 Å². The molecule has 0 radical (unpaired) electrons. The van der Waals surface area contributed by atoms with Crippen LogP contribution < -0.4 is 0 Å². The van der Waals surface area contributed by atoms with Crippen molar-refractivity contribution in [2.24, 2.45) is 11.8 Å². The summed E-state index contributed by atoms with van der Waals surface area (Å²) in [7, 11) is 0. The summed E-state index contributed by atoms with van der Waals surface area (Å²) in [6.07, 6.45) is 2.02. The zero-order chi connectivity index (χ0) is 8.69. The fourth-order valence-electron chi connectivity index (χ4n) is 1.04. The summed E-state index contributed by atoms with van der Waals surface area (Å²) in [5.41, 5.74) is 0.